The van der Waals surface area contributed by atoms with Gasteiger partial charge in [-0.05, 0) is 43.2 Å². The summed E-state index contributed by atoms with van der Waals surface area (Å²) in [7, 11) is 2.53. The highest BCUT2D eigenvalue weighted by atomic mass is 16.5. The molecular weight excluding hydrogens is 452 g/mol. The van der Waals surface area contributed by atoms with Gasteiger partial charge in [0, 0.05) is 11.6 Å². The molecule has 0 spiro atoms. The number of benzene rings is 3. The molecule has 0 aliphatic carbocycles. The van der Waals surface area contributed by atoms with Crippen LogP contribution < -0.4 is 0 Å². The average molecular weight is 479 g/mol. The van der Waals surface area contributed by atoms with Crippen molar-refractivity contribution in [1.82, 2.24) is 9.97 Å². The molecule has 4 rings (SSSR count). The van der Waals surface area contributed by atoms with E-state index in [-0.39, 0.29) is 5.57 Å². The number of nitrogens with zero attached hydrogens (tertiary/aromatic N) is 2. The number of carbonyl (C=O) groups excluding carboxylic acids is 2. The van der Waals surface area contributed by atoms with E-state index in [1.54, 1.807) is 6.08 Å². The van der Waals surface area contributed by atoms with Crippen molar-refractivity contribution in [2.45, 2.75) is 13.8 Å². The normalized spacial score (nSPS) is 11.9. The predicted molar refractivity (Wildman–Crippen MR) is 141 cm³/mol. The minimum atomic E-state index is -0.670. The van der Waals surface area contributed by atoms with Gasteiger partial charge < -0.3 is 9.47 Å². The number of esters is 2. The summed E-state index contributed by atoms with van der Waals surface area (Å²) < 4.78 is 9.84. The Morgan fingerprint density at radius 1 is 0.750 bits per heavy atom. The summed E-state index contributed by atoms with van der Waals surface area (Å²) in [5.74, 6) is -1.34. The maximum atomic E-state index is 12.9. The quantitative estimate of drug-likeness (QED) is 0.200. The van der Waals surface area contributed by atoms with E-state index < -0.39 is 11.9 Å². The molecule has 6 nitrogen and oxygen atoms in total. The first kappa shape index (κ1) is 24.5. The molecule has 0 saturated heterocycles. The van der Waals surface area contributed by atoms with Crippen molar-refractivity contribution in [1.29, 1.82) is 0 Å². The molecular formula is C30H26N2O4. The molecule has 0 unspecified atom stereocenters. The largest absolute Gasteiger partial charge is 0.466 e. The van der Waals surface area contributed by atoms with E-state index in [2.05, 4.69) is 0 Å². The second-order valence-electron chi connectivity index (χ2n) is 8.31. The highest BCUT2D eigenvalue weighted by Crippen LogP contribution is 2.31. The van der Waals surface area contributed by atoms with Crippen molar-refractivity contribution in [3.8, 4) is 11.3 Å². The molecule has 4 aromatic rings. The molecule has 0 saturated carbocycles. The zero-order valence-electron chi connectivity index (χ0n) is 20.6. The fraction of sp³-hybridized carbons (Fsp3) is 0.133. The van der Waals surface area contributed by atoms with Crippen LogP contribution >= 0.6 is 0 Å². The van der Waals surface area contributed by atoms with Gasteiger partial charge in [-0.15, -0.1) is 0 Å². The Hall–Kier alpha value is -4.58. The minimum Gasteiger partial charge on any atom is -0.466 e. The van der Waals surface area contributed by atoms with Crippen molar-refractivity contribution >= 4 is 34.6 Å². The maximum absolute atomic E-state index is 12.9. The Morgan fingerprint density at radius 3 is 1.92 bits per heavy atom. The summed E-state index contributed by atoms with van der Waals surface area (Å²) in [4.78, 5) is 34.9. The number of fused-ring (bicyclic) bond motifs is 1. The van der Waals surface area contributed by atoms with Gasteiger partial charge in [0.1, 0.15) is 0 Å². The molecule has 0 aliphatic heterocycles. The van der Waals surface area contributed by atoms with E-state index in [4.69, 9.17) is 19.4 Å². The summed E-state index contributed by atoms with van der Waals surface area (Å²) in [6.07, 6.45) is 2.91. The zero-order chi connectivity index (χ0) is 25.7. The molecule has 180 valence electrons. The lowest BCUT2D eigenvalue weighted by Crippen LogP contribution is -2.10. The lowest BCUT2D eigenvalue weighted by molar-refractivity contribution is -0.138. The topological polar surface area (TPSA) is 78.4 Å². The van der Waals surface area contributed by atoms with Gasteiger partial charge in [-0.1, -0.05) is 71.8 Å². The lowest BCUT2D eigenvalue weighted by atomic mass is 9.94. The van der Waals surface area contributed by atoms with E-state index in [9.17, 15) is 9.59 Å². The highest BCUT2D eigenvalue weighted by Gasteiger charge is 2.21. The number of ether oxygens (including phenoxy) is 2. The van der Waals surface area contributed by atoms with Gasteiger partial charge in [0.15, 0.2) is 0 Å². The van der Waals surface area contributed by atoms with Gasteiger partial charge in [-0.2, -0.15) is 0 Å². The van der Waals surface area contributed by atoms with Crippen molar-refractivity contribution < 1.29 is 19.1 Å². The van der Waals surface area contributed by atoms with E-state index >= 15 is 0 Å². The molecule has 0 bridgehead atoms. The molecule has 1 heterocycles. The van der Waals surface area contributed by atoms with Crippen LogP contribution in [-0.2, 0) is 19.1 Å². The average Bonchev–Trinajstić information content (AvgIpc) is 2.90. The molecule has 0 fully saturated rings. The monoisotopic (exact) mass is 478 g/mol. The third kappa shape index (κ3) is 5.39. The number of methoxy groups -OCH3 is 2. The Morgan fingerprint density at radius 2 is 1.33 bits per heavy atom. The molecule has 0 amide bonds. The number of hydrogen-bond acceptors (Lipinski definition) is 6. The third-order valence-electron chi connectivity index (χ3n) is 5.72. The number of para-hydroxylation sites is 2. The van der Waals surface area contributed by atoms with E-state index in [1.165, 1.54) is 14.2 Å². The Labute approximate surface area is 209 Å². The van der Waals surface area contributed by atoms with Gasteiger partial charge in [-0.3, -0.25) is 0 Å². The van der Waals surface area contributed by atoms with Crippen LogP contribution in [0.5, 0.6) is 0 Å². The van der Waals surface area contributed by atoms with E-state index in [0.29, 0.717) is 28.0 Å². The summed E-state index contributed by atoms with van der Waals surface area (Å²) in [5, 5.41) is 0. The first-order valence-electron chi connectivity index (χ1n) is 11.4. The molecule has 36 heavy (non-hydrogen) atoms. The Kier molecular flexibility index (Phi) is 7.35. The highest BCUT2D eigenvalue weighted by molar-refractivity contribution is 6.13. The number of aryl methyl sites for hydroxylation is 2. The molecule has 0 radical (unpaired) electrons. The van der Waals surface area contributed by atoms with Crippen LogP contribution in [0.3, 0.4) is 0 Å². The number of rotatable bonds is 6. The molecule has 0 atom stereocenters. The molecule has 1 aromatic heterocycles. The predicted octanol–water partition coefficient (Wildman–Crippen LogP) is 5.73. The summed E-state index contributed by atoms with van der Waals surface area (Å²) in [5.41, 5.74) is 6.95. The lowest BCUT2D eigenvalue weighted by Gasteiger charge is -2.14. The van der Waals surface area contributed by atoms with Crippen LogP contribution in [0.25, 0.3) is 33.9 Å². The maximum Gasteiger partial charge on any atom is 0.338 e. The van der Waals surface area contributed by atoms with Crippen LogP contribution in [0.15, 0.2) is 84.4 Å². The second kappa shape index (κ2) is 10.8. The number of carbonyl (C=O) groups is 2. The number of hydrogen-bond donors (Lipinski definition) is 0. The standard InChI is InChI=1S/C30H26N2O4/c1-19-9-13-21(14-10-19)23(24(30(34)36-4)18-28(33)35-3)17-27-29(22-15-11-20(2)12-16-22)32-26-8-6-5-7-25(26)31-27/h5-18H,1-4H3/b23-17+,24-18-. The molecule has 6 heteroatoms. The smallest absolute Gasteiger partial charge is 0.338 e. The SMILES string of the molecule is COC(=O)/C=C(C(=O)OC)/C(=C/c1nc2ccccc2nc1-c1ccc(C)cc1)c1ccc(C)cc1. The Bertz CT molecular complexity index is 1480. The zero-order valence-corrected chi connectivity index (χ0v) is 20.6. The van der Waals surface area contributed by atoms with Crippen molar-refractivity contribution in [3.05, 3.63) is 107 Å². The van der Waals surface area contributed by atoms with Crippen LogP contribution in [0.1, 0.15) is 22.4 Å². The minimum absolute atomic E-state index is 0.0537. The molecule has 3 aromatic carbocycles. The van der Waals surface area contributed by atoms with Gasteiger partial charge >= 0.3 is 11.9 Å². The summed E-state index contributed by atoms with van der Waals surface area (Å²) in [6.45, 7) is 4.00. The van der Waals surface area contributed by atoms with Crippen LogP contribution in [0.4, 0.5) is 0 Å². The second-order valence-corrected chi connectivity index (χ2v) is 8.31. The fourth-order valence-corrected chi connectivity index (χ4v) is 3.76. The third-order valence-corrected chi connectivity index (χ3v) is 5.72. The first-order chi connectivity index (χ1) is 17.4. The fourth-order valence-electron chi connectivity index (χ4n) is 3.76. The summed E-state index contributed by atoms with van der Waals surface area (Å²) >= 11 is 0. The summed E-state index contributed by atoms with van der Waals surface area (Å²) in [6, 6.07) is 23.2. The van der Waals surface area contributed by atoms with Crippen molar-refractivity contribution in [2.75, 3.05) is 14.2 Å². The van der Waals surface area contributed by atoms with Gasteiger partial charge in [0.25, 0.3) is 0 Å². The van der Waals surface area contributed by atoms with E-state index in [0.717, 1.165) is 28.3 Å². The van der Waals surface area contributed by atoms with Crippen LogP contribution in [0.2, 0.25) is 0 Å². The van der Waals surface area contributed by atoms with Gasteiger partial charge in [0.2, 0.25) is 0 Å². The van der Waals surface area contributed by atoms with Crippen molar-refractivity contribution in [2.24, 2.45) is 0 Å². The molecule has 0 N–H and O–H groups in total. The van der Waals surface area contributed by atoms with Gasteiger partial charge in [0.05, 0.1) is 42.2 Å². The first-order valence-corrected chi connectivity index (χ1v) is 11.4. The van der Waals surface area contributed by atoms with Crippen LogP contribution in [-0.4, -0.2) is 36.1 Å². The number of aromatic nitrogens is 2. The van der Waals surface area contributed by atoms with Crippen molar-refractivity contribution in [3.63, 3.8) is 0 Å². The Balaban J connectivity index is 2.04. The van der Waals surface area contributed by atoms with Gasteiger partial charge in [-0.25, -0.2) is 19.6 Å². The van der Waals surface area contributed by atoms with E-state index in [1.807, 2.05) is 86.6 Å². The molecule has 0 aliphatic rings. The van der Waals surface area contributed by atoms with Crippen LogP contribution in [0, 0.1) is 13.8 Å².